The van der Waals surface area contributed by atoms with Gasteiger partial charge in [0.2, 0.25) is 0 Å². The van der Waals surface area contributed by atoms with Gasteiger partial charge in [-0.15, -0.1) is 11.3 Å². The fourth-order valence-corrected chi connectivity index (χ4v) is 3.74. The molecular formula is C11H18N2S2. The van der Waals surface area contributed by atoms with Crippen molar-refractivity contribution in [1.82, 2.24) is 4.98 Å². The first kappa shape index (κ1) is 11.3. The topological polar surface area (TPSA) is 24.9 Å². The van der Waals surface area contributed by atoms with Crippen LogP contribution in [0.3, 0.4) is 0 Å². The number of thioether (sulfide) groups is 1. The molecule has 1 aliphatic heterocycles. The summed E-state index contributed by atoms with van der Waals surface area (Å²) in [7, 11) is 0. The number of anilines is 1. The summed E-state index contributed by atoms with van der Waals surface area (Å²) < 4.78 is 0. The van der Waals surface area contributed by atoms with Crippen LogP contribution in [-0.2, 0) is 6.42 Å². The molecule has 0 saturated carbocycles. The largest absolute Gasteiger partial charge is 0.361 e. The van der Waals surface area contributed by atoms with E-state index in [1.165, 1.54) is 30.0 Å². The predicted molar refractivity (Wildman–Crippen MR) is 70.0 cm³/mol. The number of hydrogen-bond donors (Lipinski definition) is 1. The summed E-state index contributed by atoms with van der Waals surface area (Å²) in [4.78, 5) is 4.52. The first-order chi connectivity index (χ1) is 7.38. The fraction of sp³-hybridized carbons (Fsp3) is 0.727. The van der Waals surface area contributed by atoms with Crippen molar-refractivity contribution in [2.75, 3.05) is 23.4 Å². The van der Waals surface area contributed by atoms with Crippen LogP contribution in [0.5, 0.6) is 0 Å². The van der Waals surface area contributed by atoms with Gasteiger partial charge in [-0.25, -0.2) is 4.98 Å². The van der Waals surface area contributed by atoms with Crippen LogP contribution < -0.4 is 5.32 Å². The Morgan fingerprint density at radius 3 is 2.93 bits per heavy atom. The fourth-order valence-electron chi connectivity index (χ4n) is 1.73. The molecule has 2 nitrogen and oxygen atoms in total. The van der Waals surface area contributed by atoms with E-state index < -0.39 is 0 Å². The molecule has 1 aromatic heterocycles. The molecule has 0 aromatic carbocycles. The number of thiazole rings is 1. The summed E-state index contributed by atoms with van der Waals surface area (Å²) in [5, 5.41) is 6.72. The second-order valence-corrected chi connectivity index (χ2v) is 6.02. The molecule has 2 rings (SSSR count). The van der Waals surface area contributed by atoms with Crippen molar-refractivity contribution < 1.29 is 0 Å². The van der Waals surface area contributed by atoms with E-state index in [1.54, 1.807) is 11.3 Å². The molecule has 0 amide bonds. The van der Waals surface area contributed by atoms with Gasteiger partial charge in [-0.05, 0) is 36.7 Å². The molecule has 0 atom stereocenters. The van der Waals surface area contributed by atoms with Crippen molar-refractivity contribution in [2.24, 2.45) is 5.92 Å². The van der Waals surface area contributed by atoms with E-state index in [0.29, 0.717) is 0 Å². The summed E-state index contributed by atoms with van der Waals surface area (Å²) in [6.07, 6.45) is 3.77. The maximum absolute atomic E-state index is 4.52. The predicted octanol–water partition coefficient (Wildman–Crippen LogP) is 3.26. The van der Waals surface area contributed by atoms with Crippen LogP contribution in [0.4, 0.5) is 5.13 Å². The molecule has 0 aliphatic carbocycles. The number of aryl methyl sites for hydroxylation is 1. The normalized spacial score (nSPS) is 17.9. The van der Waals surface area contributed by atoms with Crippen LogP contribution >= 0.6 is 23.1 Å². The lowest BCUT2D eigenvalue weighted by atomic mass is 10.0. The minimum absolute atomic E-state index is 0.861. The smallest absolute Gasteiger partial charge is 0.182 e. The van der Waals surface area contributed by atoms with E-state index in [4.69, 9.17) is 0 Å². The van der Waals surface area contributed by atoms with Gasteiger partial charge in [-0.1, -0.05) is 6.92 Å². The highest BCUT2D eigenvalue weighted by molar-refractivity contribution is 7.99. The van der Waals surface area contributed by atoms with Crippen LogP contribution in [0.2, 0.25) is 0 Å². The lowest BCUT2D eigenvalue weighted by Crippen LogP contribution is -2.19. The highest BCUT2D eigenvalue weighted by atomic mass is 32.2. The first-order valence-corrected chi connectivity index (χ1v) is 7.68. The third-order valence-electron chi connectivity index (χ3n) is 2.80. The maximum atomic E-state index is 4.52. The summed E-state index contributed by atoms with van der Waals surface area (Å²) in [5.74, 6) is 3.54. The van der Waals surface area contributed by atoms with Crippen molar-refractivity contribution in [3.05, 3.63) is 11.1 Å². The highest BCUT2D eigenvalue weighted by Crippen LogP contribution is 2.23. The Hall–Kier alpha value is -0.220. The number of hydrogen-bond acceptors (Lipinski definition) is 4. The van der Waals surface area contributed by atoms with Crippen LogP contribution in [0.1, 0.15) is 25.5 Å². The van der Waals surface area contributed by atoms with E-state index in [2.05, 4.69) is 34.4 Å². The van der Waals surface area contributed by atoms with Crippen molar-refractivity contribution in [3.8, 4) is 0 Å². The Balaban J connectivity index is 1.76. The lowest BCUT2D eigenvalue weighted by Gasteiger charge is -2.21. The molecule has 1 aromatic rings. The molecule has 1 N–H and O–H groups in total. The zero-order valence-electron chi connectivity index (χ0n) is 9.16. The molecule has 4 heteroatoms. The van der Waals surface area contributed by atoms with Gasteiger partial charge in [0.05, 0.1) is 5.69 Å². The SMILES string of the molecule is CCc1csc(NCC2CCSCC2)n1. The van der Waals surface area contributed by atoms with Gasteiger partial charge in [-0.3, -0.25) is 0 Å². The Morgan fingerprint density at radius 2 is 2.27 bits per heavy atom. The molecule has 2 heterocycles. The zero-order chi connectivity index (χ0) is 10.5. The number of rotatable bonds is 4. The maximum Gasteiger partial charge on any atom is 0.182 e. The highest BCUT2D eigenvalue weighted by Gasteiger charge is 2.13. The van der Waals surface area contributed by atoms with E-state index in [9.17, 15) is 0 Å². The number of nitrogens with one attached hydrogen (secondary N) is 1. The van der Waals surface area contributed by atoms with Crippen LogP contribution in [0.25, 0.3) is 0 Å². The lowest BCUT2D eigenvalue weighted by molar-refractivity contribution is 0.516. The molecule has 1 fully saturated rings. The van der Waals surface area contributed by atoms with Crippen molar-refractivity contribution in [3.63, 3.8) is 0 Å². The van der Waals surface area contributed by atoms with Gasteiger partial charge >= 0.3 is 0 Å². The summed E-state index contributed by atoms with van der Waals surface area (Å²) in [6, 6.07) is 0. The monoisotopic (exact) mass is 242 g/mol. The Kier molecular flexibility index (Phi) is 4.32. The summed E-state index contributed by atoms with van der Waals surface area (Å²) >= 11 is 3.82. The summed E-state index contributed by atoms with van der Waals surface area (Å²) in [5.41, 5.74) is 1.21. The van der Waals surface area contributed by atoms with Crippen LogP contribution in [0.15, 0.2) is 5.38 Å². The molecule has 1 aliphatic rings. The molecule has 84 valence electrons. The second kappa shape index (κ2) is 5.75. The van der Waals surface area contributed by atoms with Crippen molar-refractivity contribution in [1.29, 1.82) is 0 Å². The molecule has 0 bridgehead atoms. The Labute approximate surface area is 99.9 Å². The quantitative estimate of drug-likeness (QED) is 0.877. The zero-order valence-corrected chi connectivity index (χ0v) is 10.8. The minimum atomic E-state index is 0.861. The van der Waals surface area contributed by atoms with E-state index in [0.717, 1.165) is 24.0 Å². The van der Waals surface area contributed by atoms with Crippen LogP contribution in [0, 0.1) is 5.92 Å². The number of nitrogens with zero attached hydrogens (tertiary/aromatic N) is 1. The Bertz CT molecular complexity index is 293. The van der Waals surface area contributed by atoms with Crippen LogP contribution in [-0.4, -0.2) is 23.0 Å². The molecule has 0 unspecified atom stereocenters. The van der Waals surface area contributed by atoms with E-state index in [1.807, 2.05) is 0 Å². The molecule has 0 spiro atoms. The standard InChI is InChI=1S/C11H18N2S2/c1-2-10-8-15-11(13-10)12-7-9-3-5-14-6-4-9/h8-9H,2-7H2,1H3,(H,12,13). The average Bonchev–Trinajstić information content (AvgIpc) is 2.76. The number of aromatic nitrogens is 1. The van der Waals surface area contributed by atoms with Gasteiger partial charge in [-0.2, -0.15) is 11.8 Å². The van der Waals surface area contributed by atoms with Gasteiger partial charge in [0.15, 0.2) is 5.13 Å². The van der Waals surface area contributed by atoms with Crippen molar-refractivity contribution in [2.45, 2.75) is 26.2 Å². The van der Waals surface area contributed by atoms with E-state index >= 15 is 0 Å². The van der Waals surface area contributed by atoms with Gasteiger partial charge in [0.1, 0.15) is 0 Å². The minimum Gasteiger partial charge on any atom is -0.361 e. The van der Waals surface area contributed by atoms with Gasteiger partial charge < -0.3 is 5.32 Å². The molecule has 0 radical (unpaired) electrons. The second-order valence-electron chi connectivity index (χ2n) is 3.93. The first-order valence-electron chi connectivity index (χ1n) is 5.64. The Morgan fingerprint density at radius 1 is 1.47 bits per heavy atom. The third-order valence-corrected chi connectivity index (χ3v) is 4.69. The van der Waals surface area contributed by atoms with Gasteiger partial charge in [0, 0.05) is 11.9 Å². The third kappa shape index (κ3) is 3.38. The molecular weight excluding hydrogens is 224 g/mol. The van der Waals surface area contributed by atoms with Gasteiger partial charge in [0.25, 0.3) is 0 Å². The molecule has 15 heavy (non-hydrogen) atoms. The molecule has 1 saturated heterocycles. The van der Waals surface area contributed by atoms with Crippen molar-refractivity contribution >= 4 is 28.2 Å². The van der Waals surface area contributed by atoms with E-state index in [-0.39, 0.29) is 0 Å². The summed E-state index contributed by atoms with van der Waals surface area (Å²) in [6.45, 7) is 3.26. The average molecular weight is 242 g/mol.